The summed E-state index contributed by atoms with van der Waals surface area (Å²) in [6.45, 7) is 2.66. The summed E-state index contributed by atoms with van der Waals surface area (Å²) in [5, 5.41) is 3.43. The number of hydrogen-bond acceptors (Lipinski definition) is 4. The van der Waals surface area contributed by atoms with E-state index in [1.165, 1.54) is 16.4 Å². The number of methoxy groups -OCH3 is 1. The highest BCUT2D eigenvalue weighted by molar-refractivity contribution is 7.89. The van der Waals surface area contributed by atoms with Crippen LogP contribution in [-0.4, -0.2) is 45.4 Å². The maximum atomic E-state index is 13.2. The number of aryl methyl sites for hydroxylation is 1. The second kappa shape index (κ2) is 10.2. The van der Waals surface area contributed by atoms with Gasteiger partial charge in [0.15, 0.2) is 0 Å². The average molecular weight is 485 g/mol. The number of rotatable bonds is 7. The van der Waals surface area contributed by atoms with Crippen LogP contribution in [0.1, 0.15) is 24.0 Å². The monoisotopic (exact) mass is 484 g/mol. The van der Waals surface area contributed by atoms with Crippen molar-refractivity contribution >= 4 is 39.1 Å². The van der Waals surface area contributed by atoms with Gasteiger partial charge in [-0.1, -0.05) is 41.4 Å². The summed E-state index contributed by atoms with van der Waals surface area (Å²) in [6, 6.07) is 10.6. The van der Waals surface area contributed by atoms with Crippen LogP contribution in [0.5, 0.6) is 5.75 Å². The molecule has 0 spiro atoms. The van der Waals surface area contributed by atoms with Crippen molar-refractivity contribution in [3.63, 3.8) is 0 Å². The van der Waals surface area contributed by atoms with Gasteiger partial charge in [0.2, 0.25) is 15.9 Å². The van der Waals surface area contributed by atoms with E-state index < -0.39 is 15.9 Å². The number of carbonyl (C=O) groups excluding carboxylic acids is 1. The fourth-order valence-electron chi connectivity index (χ4n) is 3.72. The Morgan fingerprint density at radius 1 is 1.23 bits per heavy atom. The van der Waals surface area contributed by atoms with Crippen LogP contribution in [0.2, 0.25) is 10.0 Å². The summed E-state index contributed by atoms with van der Waals surface area (Å²) in [5.41, 5.74) is 1.64. The van der Waals surface area contributed by atoms with E-state index in [9.17, 15) is 13.2 Å². The van der Waals surface area contributed by atoms with Crippen molar-refractivity contribution in [3.8, 4) is 5.75 Å². The van der Waals surface area contributed by atoms with Gasteiger partial charge in [-0.3, -0.25) is 4.79 Å². The van der Waals surface area contributed by atoms with E-state index in [0.29, 0.717) is 42.9 Å². The Bertz CT molecular complexity index is 1060. The SMILES string of the molecule is COc1ccccc1CCNC(=O)C1CCCN(S(=O)(=O)c2cc(C)c(Cl)cc2Cl)C1. The molecule has 1 heterocycles. The maximum Gasteiger partial charge on any atom is 0.244 e. The van der Waals surface area contributed by atoms with Gasteiger partial charge in [-0.15, -0.1) is 0 Å². The molecule has 0 bridgehead atoms. The first kappa shape index (κ1) is 23.9. The Labute approximate surface area is 193 Å². The molecule has 2 aromatic carbocycles. The topological polar surface area (TPSA) is 75.7 Å². The minimum absolute atomic E-state index is 0.0216. The Morgan fingerprint density at radius 3 is 2.71 bits per heavy atom. The lowest BCUT2D eigenvalue weighted by Crippen LogP contribution is -2.45. The molecule has 3 rings (SSSR count). The van der Waals surface area contributed by atoms with Crippen LogP contribution in [0.4, 0.5) is 0 Å². The lowest BCUT2D eigenvalue weighted by molar-refractivity contribution is -0.126. The van der Waals surface area contributed by atoms with Crippen molar-refractivity contribution in [2.45, 2.75) is 31.1 Å². The summed E-state index contributed by atoms with van der Waals surface area (Å²) in [5.74, 6) is 0.225. The summed E-state index contributed by atoms with van der Waals surface area (Å²) in [4.78, 5) is 12.7. The molecule has 1 atom stereocenters. The molecule has 1 saturated heterocycles. The van der Waals surface area contributed by atoms with Gasteiger partial charge in [0.25, 0.3) is 0 Å². The van der Waals surface area contributed by atoms with E-state index >= 15 is 0 Å². The molecule has 31 heavy (non-hydrogen) atoms. The standard InChI is InChI=1S/C22H26Cl2N2O4S/c1-15-12-21(19(24)13-18(15)23)31(28,29)26-11-5-7-17(14-26)22(27)25-10-9-16-6-3-4-8-20(16)30-2/h3-4,6,8,12-13,17H,5,7,9-11,14H2,1-2H3,(H,25,27). The largest absolute Gasteiger partial charge is 0.496 e. The molecule has 1 N–H and O–H groups in total. The first-order chi connectivity index (χ1) is 14.7. The molecular formula is C22H26Cl2N2O4S. The van der Waals surface area contributed by atoms with E-state index in [0.717, 1.165) is 11.3 Å². The molecule has 0 saturated carbocycles. The van der Waals surface area contributed by atoms with Crippen LogP contribution in [0.15, 0.2) is 41.3 Å². The summed E-state index contributed by atoms with van der Waals surface area (Å²) >= 11 is 12.2. The van der Waals surface area contributed by atoms with Crippen LogP contribution in [0.3, 0.4) is 0 Å². The van der Waals surface area contributed by atoms with Crippen LogP contribution in [-0.2, 0) is 21.2 Å². The third-order valence-corrected chi connectivity index (χ3v) is 8.21. The Balaban J connectivity index is 1.64. The highest BCUT2D eigenvalue weighted by Crippen LogP contribution is 2.32. The number of nitrogens with one attached hydrogen (secondary N) is 1. The first-order valence-electron chi connectivity index (χ1n) is 10.1. The second-order valence-corrected chi connectivity index (χ2v) is 10.3. The van der Waals surface area contributed by atoms with Gasteiger partial charge in [0.1, 0.15) is 10.6 Å². The van der Waals surface area contributed by atoms with E-state index in [2.05, 4.69) is 5.32 Å². The van der Waals surface area contributed by atoms with E-state index in [4.69, 9.17) is 27.9 Å². The molecule has 1 aliphatic rings. The molecule has 1 aliphatic heterocycles. The fourth-order valence-corrected chi connectivity index (χ4v) is 6.05. The van der Waals surface area contributed by atoms with Crippen molar-refractivity contribution in [2.75, 3.05) is 26.7 Å². The van der Waals surface area contributed by atoms with Crippen molar-refractivity contribution < 1.29 is 17.9 Å². The van der Waals surface area contributed by atoms with Crippen LogP contribution >= 0.6 is 23.2 Å². The molecule has 0 aromatic heterocycles. The smallest absolute Gasteiger partial charge is 0.244 e. The molecule has 6 nitrogen and oxygen atoms in total. The molecular weight excluding hydrogens is 459 g/mol. The fraction of sp³-hybridized carbons (Fsp3) is 0.409. The van der Waals surface area contributed by atoms with Crippen molar-refractivity contribution in [3.05, 3.63) is 57.6 Å². The molecule has 2 aromatic rings. The van der Waals surface area contributed by atoms with Crippen LogP contribution in [0.25, 0.3) is 0 Å². The van der Waals surface area contributed by atoms with Gasteiger partial charge in [0.05, 0.1) is 18.1 Å². The number of halogens is 2. The number of carbonyl (C=O) groups is 1. The number of amides is 1. The van der Waals surface area contributed by atoms with Crippen molar-refractivity contribution in [1.29, 1.82) is 0 Å². The van der Waals surface area contributed by atoms with Crippen molar-refractivity contribution in [2.24, 2.45) is 5.92 Å². The highest BCUT2D eigenvalue weighted by Gasteiger charge is 2.34. The number of benzene rings is 2. The zero-order valence-electron chi connectivity index (χ0n) is 17.5. The number of sulfonamides is 1. The predicted molar refractivity (Wildman–Crippen MR) is 122 cm³/mol. The van der Waals surface area contributed by atoms with Gasteiger partial charge in [-0.25, -0.2) is 8.42 Å². The third-order valence-electron chi connectivity index (χ3n) is 5.47. The minimum atomic E-state index is -3.82. The molecule has 1 amide bonds. The quantitative estimate of drug-likeness (QED) is 0.642. The number of ether oxygens (including phenoxy) is 1. The molecule has 0 radical (unpaired) electrons. The maximum absolute atomic E-state index is 13.2. The van der Waals surface area contributed by atoms with Crippen LogP contribution < -0.4 is 10.1 Å². The average Bonchev–Trinajstić information content (AvgIpc) is 2.76. The molecule has 1 unspecified atom stereocenters. The number of para-hydroxylation sites is 1. The zero-order chi connectivity index (χ0) is 22.6. The van der Waals surface area contributed by atoms with Crippen LogP contribution in [0, 0.1) is 12.8 Å². The van der Waals surface area contributed by atoms with E-state index in [1.807, 2.05) is 24.3 Å². The highest BCUT2D eigenvalue weighted by atomic mass is 35.5. The molecule has 0 aliphatic carbocycles. The number of nitrogens with zero attached hydrogens (tertiary/aromatic N) is 1. The predicted octanol–water partition coefficient (Wildman–Crippen LogP) is 4.07. The van der Waals surface area contributed by atoms with Gasteiger partial charge < -0.3 is 10.1 Å². The van der Waals surface area contributed by atoms with Gasteiger partial charge in [-0.05, 0) is 55.5 Å². The van der Waals surface area contributed by atoms with Crippen molar-refractivity contribution in [1.82, 2.24) is 9.62 Å². The number of piperidine rings is 1. The molecule has 9 heteroatoms. The normalized spacial score (nSPS) is 17.4. The Hall–Kier alpha value is -1.80. The number of hydrogen-bond donors (Lipinski definition) is 1. The zero-order valence-corrected chi connectivity index (χ0v) is 19.9. The molecule has 1 fully saturated rings. The van der Waals surface area contributed by atoms with Gasteiger partial charge >= 0.3 is 0 Å². The second-order valence-electron chi connectivity index (χ2n) is 7.59. The minimum Gasteiger partial charge on any atom is -0.496 e. The lowest BCUT2D eigenvalue weighted by atomic mass is 9.98. The third kappa shape index (κ3) is 5.52. The summed E-state index contributed by atoms with van der Waals surface area (Å²) in [7, 11) is -2.21. The van der Waals surface area contributed by atoms with E-state index in [-0.39, 0.29) is 22.4 Å². The Morgan fingerprint density at radius 2 is 1.97 bits per heavy atom. The first-order valence-corrected chi connectivity index (χ1v) is 12.3. The summed E-state index contributed by atoms with van der Waals surface area (Å²) in [6.07, 6.45) is 1.87. The van der Waals surface area contributed by atoms with Gasteiger partial charge in [0, 0.05) is 24.7 Å². The Kier molecular flexibility index (Phi) is 7.86. The molecule has 168 valence electrons. The van der Waals surface area contributed by atoms with Gasteiger partial charge in [-0.2, -0.15) is 4.31 Å². The summed E-state index contributed by atoms with van der Waals surface area (Å²) < 4.78 is 33.0. The lowest BCUT2D eigenvalue weighted by Gasteiger charge is -2.31. The van der Waals surface area contributed by atoms with E-state index in [1.54, 1.807) is 14.0 Å².